The third kappa shape index (κ3) is 1.47. The van der Waals surface area contributed by atoms with Crippen LogP contribution in [0.3, 0.4) is 0 Å². The van der Waals surface area contributed by atoms with Crippen molar-refractivity contribution in [3.05, 3.63) is 24.5 Å². The summed E-state index contributed by atoms with van der Waals surface area (Å²) in [4.78, 5) is 9.96. The number of rotatable bonds is 1. The summed E-state index contributed by atoms with van der Waals surface area (Å²) in [5.74, 6) is 0. The van der Waals surface area contributed by atoms with Gasteiger partial charge < -0.3 is 14.6 Å². The van der Waals surface area contributed by atoms with E-state index < -0.39 is 0 Å². The SMILES string of the molecule is c1cnc2c(N3CCOCC3)c[nH]c2c1. The molecule has 78 valence electrons. The zero-order valence-electron chi connectivity index (χ0n) is 8.44. The van der Waals surface area contributed by atoms with E-state index in [2.05, 4.69) is 14.9 Å². The highest BCUT2D eigenvalue weighted by Gasteiger charge is 2.15. The smallest absolute Gasteiger partial charge is 0.111 e. The monoisotopic (exact) mass is 203 g/mol. The van der Waals surface area contributed by atoms with Crippen molar-refractivity contribution in [1.29, 1.82) is 0 Å². The van der Waals surface area contributed by atoms with Crippen molar-refractivity contribution in [2.75, 3.05) is 31.2 Å². The minimum absolute atomic E-state index is 0.805. The molecule has 2 aromatic heterocycles. The van der Waals surface area contributed by atoms with Crippen molar-refractivity contribution in [1.82, 2.24) is 9.97 Å². The van der Waals surface area contributed by atoms with Gasteiger partial charge in [0.15, 0.2) is 0 Å². The van der Waals surface area contributed by atoms with E-state index in [1.807, 2.05) is 24.5 Å². The van der Waals surface area contributed by atoms with Gasteiger partial charge in [-0.05, 0) is 12.1 Å². The van der Waals surface area contributed by atoms with Gasteiger partial charge in [0.1, 0.15) is 5.52 Å². The number of ether oxygens (including phenoxy) is 1. The number of aromatic nitrogens is 2. The summed E-state index contributed by atoms with van der Waals surface area (Å²) < 4.78 is 5.34. The summed E-state index contributed by atoms with van der Waals surface area (Å²) in [7, 11) is 0. The summed E-state index contributed by atoms with van der Waals surface area (Å²) in [6.07, 6.45) is 3.86. The molecular weight excluding hydrogens is 190 g/mol. The molecule has 0 atom stereocenters. The molecule has 1 saturated heterocycles. The summed E-state index contributed by atoms with van der Waals surface area (Å²) in [6.45, 7) is 3.51. The molecule has 1 aliphatic rings. The van der Waals surface area contributed by atoms with E-state index in [-0.39, 0.29) is 0 Å². The van der Waals surface area contributed by atoms with Crippen LogP contribution < -0.4 is 4.90 Å². The third-order valence-corrected chi connectivity index (χ3v) is 2.77. The molecule has 0 spiro atoms. The fraction of sp³-hybridized carbons (Fsp3) is 0.364. The van der Waals surface area contributed by atoms with Gasteiger partial charge in [-0.2, -0.15) is 0 Å². The lowest BCUT2D eigenvalue weighted by atomic mass is 10.3. The fourth-order valence-electron chi connectivity index (χ4n) is 1.99. The van der Waals surface area contributed by atoms with Crippen LogP contribution >= 0.6 is 0 Å². The number of H-pyrrole nitrogens is 1. The van der Waals surface area contributed by atoms with Gasteiger partial charge in [0.05, 0.1) is 24.4 Å². The molecule has 1 N–H and O–H groups in total. The van der Waals surface area contributed by atoms with Gasteiger partial charge in [-0.15, -0.1) is 0 Å². The van der Waals surface area contributed by atoms with E-state index in [0.29, 0.717) is 0 Å². The zero-order chi connectivity index (χ0) is 10.1. The lowest BCUT2D eigenvalue weighted by Gasteiger charge is -2.27. The number of fused-ring (bicyclic) bond motifs is 1. The van der Waals surface area contributed by atoms with Crippen molar-refractivity contribution in [3.63, 3.8) is 0 Å². The molecule has 0 aromatic carbocycles. The van der Waals surface area contributed by atoms with Crippen LogP contribution in [0.1, 0.15) is 0 Å². The Hall–Kier alpha value is -1.55. The molecule has 0 aliphatic carbocycles. The summed E-state index contributed by atoms with van der Waals surface area (Å²) in [5.41, 5.74) is 3.34. The largest absolute Gasteiger partial charge is 0.378 e. The highest BCUT2D eigenvalue weighted by Crippen LogP contribution is 2.24. The number of nitrogens with one attached hydrogen (secondary N) is 1. The van der Waals surface area contributed by atoms with Crippen LogP contribution in [-0.2, 0) is 4.74 Å². The minimum atomic E-state index is 0.805. The lowest BCUT2D eigenvalue weighted by Crippen LogP contribution is -2.36. The average Bonchev–Trinajstić information content (AvgIpc) is 2.74. The molecule has 3 rings (SSSR count). The van der Waals surface area contributed by atoms with Crippen LogP contribution in [0.2, 0.25) is 0 Å². The fourth-order valence-corrected chi connectivity index (χ4v) is 1.99. The second kappa shape index (κ2) is 3.55. The number of hydrogen-bond acceptors (Lipinski definition) is 3. The molecule has 0 radical (unpaired) electrons. The van der Waals surface area contributed by atoms with Crippen LogP contribution in [0.5, 0.6) is 0 Å². The average molecular weight is 203 g/mol. The van der Waals surface area contributed by atoms with Gasteiger partial charge in [-0.3, -0.25) is 4.98 Å². The normalized spacial score (nSPS) is 17.2. The number of morpholine rings is 1. The van der Waals surface area contributed by atoms with Gasteiger partial charge >= 0.3 is 0 Å². The summed E-state index contributed by atoms with van der Waals surface area (Å²) >= 11 is 0. The number of aromatic amines is 1. The van der Waals surface area contributed by atoms with Gasteiger partial charge in [-0.25, -0.2) is 0 Å². The number of hydrogen-bond donors (Lipinski definition) is 1. The Morgan fingerprint density at radius 2 is 2.20 bits per heavy atom. The summed E-state index contributed by atoms with van der Waals surface area (Å²) in [5, 5.41) is 0. The quantitative estimate of drug-likeness (QED) is 0.761. The Labute approximate surface area is 87.9 Å². The first-order valence-electron chi connectivity index (χ1n) is 5.20. The second-order valence-corrected chi connectivity index (χ2v) is 3.67. The second-order valence-electron chi connectivity index (χ2n) is 3.67. The van der Waals surface area contributed by atoms with Crippen LogP contribution in [0.15, 0.2) is 24.5 Å². The standard InChI is InChI=1S/C11H13N3O/c1-2-9-11(12-3-1)10(8-13-9)14-4-6-15-7-5-14/h1-3,8,13H,4-7H2. The lowest BCUT2D eigenvalue weighted by molar-refractivity contribution is 0.123. The van der Waals surface area contributed by atoms with E-state index in [0.717, 1.165) is 37.3 Å². The molecule has 15 heavy (non-hydrogen) atoms. The molecule has 0 unspecified atom stereocenters. The zero-order valence-corrected chi connectivity index (χ0v) is 8.44. The molecular formula is C11H13N3O. The van der Waals surface area contributed by atoms with E-state index in [1.54, 1.807) is 0 Å². The molecule has 4 nitrogen and oxygen atoms in total. The predicted molar refractivity (Wildman–Crippen MR) is 59.1 cm³/mol. The Bertz CT molecular complexity index is 460. The van der Waals surface area contributed by atoms with Crippen molar-refractivity contribution < 1.29 is 4.74 Å². The highest BCUT2D eigenvalue weighted by atomic mass is 16.5. The molecule has 4 heteroatoms. The predicted octanol–water partition coefficient (Wildman–Crippen LogP) is 1.40. The van der Waals surface area contributed by atoms with Crippen molar-refractivity contribution >= 4 is 16.7 Å². The van der Waals surface area contributed by atoms with Crippen molar-refractivity contribution in [2.24, 2.45) is 0 Å². The first kappa shape index (κ1) is 8.73. The van der Waals surface area contributed by atoms with E-state index >= 15 is 0 Å². The molecule has 0 saturated carbocycles. The first-order chi connectivity index (χ1) is 7.45. The van der Waals surface area contributed by atoms with Gasteiger partial charge in [0.2, 0.25) is 0 Å². The Balaban J connectivity index is 2.02. The third-order valence-electron chi connectivity index (χ3n) is 2.77. The number of pyridine rings is 1. The van der Waals surface area contributed by atoms with Crippen LogP contribution in [0, 0.1) is 0 Å². The van der Waals surface area contributed by atoms with E-state index in [1.165, 1.54) is 5.69 Å². The van der Waals surface area contributed by atoms with Crippen LogP contribution in [0.4, 0.5) is 5.69 Å². The highest BCUT2D eigenvalue weighted by molar-refractivity contribution is 5.89. The maximum atomic E-state index is 5.34. The van der Waals surface area contributed by atoms with Crippen LogP contribution in [0.25, 0.3) is 11.0 Å². The minimum Gasteiger partial charge on any atom is -0.378 e. The molecule has 0 bridgehead atoms. The molecule has 0 amide bonds. The Morgan fingerprint density at radius 3 is 3.07 bits per heavy atom. The topological polar surface area (TPSA) is 41.2 Å². The van der Waals surface area contributed by atoms with Crippen molar-refractivity contribution in [2.45, 2.75) is 0 Å². The van der Waals surface area contributed by atoms with Gasteiger partial charge in [-0.1, -0.05) is 0 Å². The summed E-state index contributed by atoms with van der Waals surface area (Å²) in [6, 6.07) is 3.99. The Morgan fingerprint density at radius 1 is 1.33 bits per heavy atom. The molecule has 3 heterocycles. The maximum absolute atomic E-state index is 5.34. The molecule has 1 aliphatic heterocycles. The Kier molecular flexibility index (Phi) is 2.07. The molecule has 2 aromatic rings. The van der Waals surface area contributed by atoms with E-state index in [4.69, 9.17) is 4.74 Å². The number of anilines is 1. The van der Waals surface area contributed by atoms with Crippen molar-refractivity contribution in [3.8, 4) is 0 Å². The van der Waals surface area contributed by atoms with Crippen LogP contribution in [-0.4, -0.2) is 36.3 Å². The van der Waals surface area contributed by atoms with E-state index in [9.17, 15) is 0 Å². The first-order valence-corrected chi connectivity index (χ1v) is 5.20. The maximum Gasteiger partial charge on any atom is 0.111 e. The van der Waals surface area contributed by atoms with Gasteiger partial charge in [0, 0.05) is 25.5 Å². The van der Waals surface area contributed by atoms with Gasteiger partial charge in [0.25, 0.3) is 0 Å². The number of nitrogens with zero attached hydrogens (tertiary/aromatic N) is 2. The molecule has 1 fully saturated rings.